The van der Waals surface area contributed by atoms with Gasteiger partial charge in [-0.25, -0.2) is 4.98 Å². The highest BCUT2D eigenvalue weighted by molar-refractivity contribution is 6.03. The number of benzene rings is 2. The summed E-state index contributed by atoms with van der Waals surface area (Å²) in [7, 11) is 0. The SMILES string of the molecule is CCc1cccc(CC)c1/N=C(\C)c1cc(C)cc(/C(C)=N/c2c(CC)cccc2CC)n1. The normalized spacial score (nSPS) is 12.3. The van der Waals surface area contributed by atoms with E-state index in [0.29, 0.717) is 0 Å². The molecule has 1 aromatic heterocycles. The molecule has 3 heteroatoms. The highest BCUT2D eigenvalue weighted by Gasteiger charge is 2.11. The first-order chi connectivity index (χ1) is 15.9. The average Bonchev–Trinajstić information content (AvgIpc) is 2.83. The molecule has 0 aliphatic heterocycles. The molecule has 3 rings (SSSR count). The van der Waals surface area contributed by atoms with Crippen molar-refractivity contribution in [2.45, 2.75) is 74.1 Å². The van der Waals surface area contributed by atoms with Gasteiger partial charge in [-0.05, 0) is 86.4 Å². The van der Waals surface area contributed by atoms with Gasteiger partial charge in [-0.15, -0.1) is 0 Å². The highest BCUT2D eigenvalue weighted by Crippen LogP contribution is 2.28. The monoisotopic (exact) mass is 439 g/mol. The minimum Gasteiger partial charge on any atom is -0.251 e. The maximum Gasteiger partial charge on any atom is 0.0852 e. The summed E-state index contributed by atoms with van der Waals surface area (Å²) in [6.07, 6.45) is 3.87. The van der Waals surface area contributed by atoms with Crippen molar-refractivity contribution in [2.24, 2.45) is 9.98 Å². The first-order valence-electron chi connectivity index (χ1n) is 12.2. The van der Waals surface area contributed by atoms with E-state index >= 15 is 0 Å². The van der Waals surface area contributed by atoms with Crippen molar-refractivity contribution in [3.8, 4) is 0 Å². The van der Waals surface area contributed by atoms with Crippen LogP contribution >= 0.6 is 0 Å². The van der Waals surface area contributed by atoms with E-state index in [2.05, 4.69) is 97.0 Å². The second kappa shape index (κ2) is 11.2. The molecule has 0 saturated carbocycles. The fraction of sp³-hybridized carbons (Fsp3) is 0.367. The van der Waals surface area contributed by atoms with Crippen molar-refractivity contribution < 1.29 is 0 Å². The summed E-state index contributed by atoms with van der Waals surface area (Å²) < 4.78 is 0. The van der Waals surface area contributed by atoms with Gasteiger partial charge in [-0.2, -0.15) is 0 Å². The summed E-state index contributed by atoms with van der Waals surface area (Å²) in [5.41, 5.74) is 12.2. The van der Waals surface area contributed by atoms with E-state index in [9.17, 15) is 0 Å². The fourth-order valence-electron chi connectivity index (χ4n) is 4.21. The molecule has 0 spiro atoms. The van der Waals surface area contributed by atoms with Crippen LogP contribution in [0.4, 0.5) is 11.4 Å². The summed E-state index contributed by atoms with van der Waals surface area (Å²) >= 11 is 0. The third-order valence-electron chi connectivity index (χ3n) is 6.20. The van der Waals surface area contributed by atoms with Crippen molar-refractivity contribution in [1.29, 1.82) is 0 Å². The summed E-state index contributed by atoms with van der Waals surface area (Å²) in [4.78, 5) is 15.1. The molecule has 0 unspecified atom stereocenters. The van der Waals surface area contributed by atoms with E-state index in [4.69, 9.17) is 15.0 Å². The third kappa shape index (κ3) is 5.65. The zero-order valence-electron chi connectivity index (χ0n) is 21.3. The molecule has 0 N–H and O–H groups in total. The van der Waals surface area contributed by atoms with E-state index in [0.717, 1.165) is 65.4 Å². The number of aliphatic imine (C=N–C) groups is 2. The molecule has 0 bridgehead atoms. The minimum atomic E-state index is 0.909. The topological polar surface area (TPSA) is 37.6 Å². The number of aryl methyl sites for hydroxylation is 5. The van der Waals surface area contributed by atoms with E-state index in [-0.39, 0.29) is 0 Å². The largest absolute Gasteiger partial charge is 0.251 e. The Bertz CT molecular complexity index is 1050. The lowest BCUT2D eigenvalue weighted by atomic mass is 10.0. The number of rotatable bonds is 8. The molecule has 0 atom stereocenters. The predicted octanol–water partition coefficient (Wildman–Crippen LogP) is 7.92. The van der Waals surface area contributed by atoms with Gasteiger partial charge in [-0.3, -0.25) is 9.98 Å². The third-order valence-corrected chi connectivity index (χ3v) is 6.20. The average molecular weight is 440 g/mol. The molecule has 0 aliphatic carbocycles. The zero-order valence-corrected chi connectivity index (χ0v) is 21.3. The molecular weight excluding hydrogens is 402 g/mol. The van der Waals surface area contributed by atoms with Crippen molar-refractivity contribution >= 4 is 22.8 Å². The van der Waals surface area contributed by atoms with Crippen molar-refractivity contribution in [3.05, 3.63) is 87.7 Å². The van der Waals surface area contributed by atoms with E-state index in [1.807, 2.05) is 0 Å². The van der Waals surface area contributed by atoms with Gasteiger partial charge >= 0.3 is 0 Å². The van der Waals surface area contributed by atoms with Gasteiger partial charge in [-0.1, -0.05) is 64.1 Å². The zero-order chi connectivity index (χ0) is 24.0. The van der Waals surface area contributed by atoms with Crippen LogP contribution in [0, 0.1) is 6.92 Å². The Morgan fingerprint density at radius 1 is 0.636 bits per heavy atom. The first-order valence-corrected chi connectivity index (χ1v) is 12.2. The smallest absolute Gasteiger partial charge is 0.0852 e. The molecule has 0 fully saturated rings. The Hall–Kier alpha value is -3.07. The fourth-order valence-corrected chi connectivity index (χ4v) is 4.21. The van der Waals surface area contributed by atoms with Crippen LogP contribution in [-0.2, 0) is 25.7 Å². The Labute approximate surface area is 199 Å². The lowest BCUT2D eigenvalue weighted by Crippen LogP contribution is -2.07. The Morgan fingerprint density at radius 2 is 0.970 bits per heavy atom. The van der Waals surface area contributed by atoms with Gasteiger partial charge in [0.25, 0.3) is 0 Å². The van der Waals surface area contributed by atoms with Crippen LogP contribution in [-0.4, -0.2) is 16.4 Å². The molecule has 0 saturated heterocycles. The summed E-state index contributed by atoms with van der Waals surface area (Å²) in [6.45, 7) is 15.0. The van der Waals surface area contributed by atoms with Gasteiger partial charge in [0.05, 0.1) is 34.2 Å². The number of nitrogens with zero attached hydrogens (tertiary/aromatic N) is 3. The number of para-hydroxylation sites is 2. The molecule has 172 valence electrons. The molecule has 0 amide bonds. The van der Waals surface area contributed by atoms with Crippen LogP contribution in [0.1, 0.15) is 80.7 Å². The lowest BCUT2D eigenvalue weighted by Gasteiger charge is -2.12. The number of pyridine rings is 1. The number of hydrogen-bond donors (Lipinski definition) is 0. The summed E-state index contributed by atoms with van der Waals surface area (Å²) in [5, 5.41) is 0. The predicted molar refractivity (Wildman–Crippen MR) is 143 cm³/mol. The molecular formula is C30H37N3. The van der Waals surface area contributed by atoms with Gasteiger partial charge in [0.1, 0.15) is 0 Å². The molecule has 3 nitrogen and oxygen atoms in total. The van der Waals surface area contributed by atoms with E-state index in [1.165, 1.54) is 22.3 Å². The highest BCUT2D eigenvalue weighted by atomic mass is 14.8. The van der Waals surface area contributed by atoms with Crippen LogP contribution in [0.25, 0.3) is 0 Å². The molecule has 3 aromatic rings. The first kappa shape index (κ1) is 24.6. The lowest BCUT2D eigenvalue weighted by molar-refractivity contribution is 1.08. The summed E-state index contributed by atoms with van der Waals surface area (Å²) in [6, 6.07) is 17.2. The maximum atomic E-state index is 5.07. The standard InChI is InChI=1S/C30H37N3/c1-8-23-14-12-15-24(9-2)29(23)31-21(6)27-18-20(5)19-28(33-27)22(7)32-30-25(10-3)16-13-17-26(30)11-4/h12-19H,8-11H2,1-7H3/b31-21+,32-22+. The number of aromatic nitrogens is 1. The molecule has 33 heavy (non-hydrogen) atoms. The van der Waals surface area contributed by atoms with Crippen LogP contribution in [0.5, 0.6) is 0 Å². The molecule has 1 heterocycles. The van der Waals surface area contributed by atoms with Crippen LogP contribution < -0.4 is 0 Å². The van der Waals surface area contributed by atoms with Crippen molar-refractivity contribution in [1.82, 2.24) is 4.98 Å². The van der Waals surface area contributed by atoms with Crippen LogP contribution in [0.3, 0.4) is 0 Å². The molecule has 0 aliphatic rings. The van der Waals surface area contributed by atoms with Gasteiger partial charge in [0.2, 0.25) is 0 Å². The molecule has 2 aromatic carbocycles. The van der Waals surface area contributed by atoms with Gasteiger partial charge in [0, 0.05) is 0 Å². The number of hydrogen-bond acceptors (Lipinski definition) is 3. The minimum absolute atomic E-state index is 0.909. The Morgan fingerprint density at radius 3 is 1.27 bits per heavy atom. The van der Waals surface area contributed by atoms with Crippen molar-refractivity contribution in [2.75, 3.05) is 0 Å². The Balaban J connectivity index is 2.07. The van der Waals surface area contributed by atoms with Gasteiger partial charge < -0.3 is 0 Å². The second-order valence-corrected chi connectivity index (χ2v) is 8.57. The molecule has 0 radical (unpaired) electrons. The van der Waals surface area contributed by atoms with Crippen LogP contribution in [0.15, 0.2) is 58.5 Å². The van der Waals surface area contributed by atoms with Gasteiger partial charge in [0.15, 0.2) is 0 Å². The van der Waals surface area contributed by atoms with E-state index in [1.54, 1.807) is 0 Å². The second-order valence-electron chi connectivity index (χ2n) is 8.57. The summed E-state index contributed by atoms with van der Waals surface area (Å²) in [5.74, 6) is 0. The quantitative estimate of drug-likeness (QED) is 0.328. The Kier molecular flexibility index (Phi) is 8.32. The maximum absolute atomic E-state index is 5.07. The van der Waals surface area contributed by atoms with Crippen LogP contribution in [0.2, 0.25) is 0 Å². The van der Waals surface area contributed by atoms with Crippen molar-refractivity contribution in [3.63, 3.8) is 0 Å². The van der Waals surface area contributed by atoms with E-state index < -0.39 is 0 Å².